The van der Waals surface area contributed by atoms with Crippen LogP contribution in [0.4, 0.5) is 0 Å². The largest absolute Gasteiger partial charge is 0.346 e. The fourth-order valence-electron chi connectivity index (χ4n) is 3.14. The van der Waals surface area contributed by atoms with Gasteiger partial charge in [-0.15, -0.1) is 0 Å². The van der Waals surface area contributed by atoms with Gasteiger partial charge in [-0.1, -0.05) is 41.4 Å². The molecule has 2 aromatic carbocycles. The first-order chi connectivity index (χ1) is 13.2. The van der Waals surface area contributed by atoms with Crippen LogP contribution in [-0.2, 0) is 21.2 Å². The molecule has 0 fully saturated rings. The molecule has 1 aliphatic rings. The monoisotopic (exact) mass is 438 g/mol. The minimum atomic E-state index is -3.47. The van der Waals surface area contributed by atoms with E-state index in [1.54, 1.807) is 24.3 Å². The van der Waals surface area contributed by atoms with Crippen molar-refractivity contribution in [2.24, 2.45) is 0 Å². The summed E-state index contributed by atoms with van der Waals surface area (Å²) in [4.78, 5) is 12.5. The van der Waals surface area contributed by atoms with E-state index in [1.807, 2.05) is 6.07 Å². The van der Waals surface area contributed by atoms with E-state index in [-0.39, 0.29) is 16.8 Å². The highest BCUT2D eigenvalue weighted by molar-refractivity contribution is 7.89. The van der Waals surface area contributed by atoms with Crippen LogP contribution in [0, 0.1) is 0 Å². The molecule has 0 aromatic heterocycles. The maximum absolute atomic E-state index is 12.3. The smallest absolute Gasteiger partial charge is 0.244 e. The maximum Gasteiger partial charge on any atom is 0.244 e. The SMILES string of the molecule is CN(C)S(=O)(=O)c1ccc(/C=C/C(=O)NC2CCc3c2ccc(Cl)c3Cl)cc1. The Morgan fingerprint density at radius 3 is 2.46 bits per heavy atom. The zero-order chi connectivity index (χ0) is 20.5. The molecular formula is C20H20Cl2N2O3S. The van der Waals surface area contributed by atoms with Gasteiger partial charge in [0.2, 0.25) is 15.9 Å². The molecule has 1 unspecified atom stereocenters. The molecule has 1 atom stereocenters. The highest BCUT2D eigenvalue weighted by Crippen LogP contribution is 2.39. The van der Waals surface area contributed by atoms with Crippen LogP contribution in [0.3, 0.4) is 0 Å². The average Bonchev–Trinajstić information content (AvgIpc) is 3.06. The topological polar surface area (TPSA) is 66.5 Å². The average molecular weight is 439 g/mol. The Morgan fingerprint density at radius 1 is 1.14 bits per heavy atom. The van der Waals surface area contributed by atoms with E-state index in [1.165, 1.54) is 32.3 Å². The molecule has 0 saturated carbocycles. The van der Waals surface area contributed by atoms with Crippen molar-refractivity contribution in [1.82, 2.24) is 9.62 Å². The number of halogens is 2. The number of benzene rings is 2. The third kappa shape index (κ3) is 4.25. The lowest BCUT2D eigenvalue weighted by Crippen LogP contribution is -2.25. The third-order valence-electron chi connectivity index (χ3n) is 4.69. The highest BCUT2D eigenvalue weighted by atomic mass is 35.5. The summed E-state index contributed by atoms with van der Waals surface area (Å²) in [6, 6.07) is 9.90. The molecule has 0 bridgehead atoms. The van der Waals surface area contributed by atoms with Crippen molar-refractivity contribution in [3.8, 4) is 0 Å². The molecule has 5 nitrogen and oxygen atoms in total. The number of nitrogens with zero attached hydrogens (tertiary/aromatic N) is 1. The number of sulfonamides is 1. The van der Waals surface area contributed by atoms with Crippen LogP contribution >= 0.6 is 23.2 Å². The molecule has 1 aliphatic carbocycles. The predicted molar refractivity (Wildman–Crippen MR) is 112 cm³/mol. The zero-order valence-electron chi connectivity index (χ0n) is 15.4. The van der Waals surface area contributed by atoms with Gasteiger partial charge in [0, 0.05) is 20.2 Å². The van der Waals surface area contributed by atoms with Crippen LogP contribution < -0.4 is 5.32 Å². The number of nitrogens with one attached hydrogen (secondary N) is 1. The lowest BCUT2D eigenvalue weighted by molar-refractivity contribution is -0.117. The van der Waals surface area contributed by atoms with E-state index in [4.69, 9.17) is 23.2 Å². The van der Waals surface area contributed by atoms with Gasteiger partial charge in [-0.05, 0) is 53.8 Å². The molecule has 0 aliphatic heterocycles. The van der Waals surface area contributed by atoms with Gasteiger partial charge in [-0.3, -0.25) is 4.79 Å². The van der Waals surface area contributed by atoms with Gasteiger partial charge in [0.1, 0.15) is 0 Å². The van der Waals surface area contributed by atoms with Crippen molar-refractivity contribution in [2.45, 2.75) is 23.8 Å². The Hall–Kier alpha value is -1.86. The van der Waals surface area contributed by atoms with Crippen LogP contribution in [0.2, 0.25) is 10.0 Å². The van der Waals surface area contributed by atoms with Crippen molar-refractivity contribution in [3.05, 3.63) is 69.2 Å². The number of carbonyl (C=O) groups is 1. The second kappa shape index (κ2) is 8.25. The van der Waals surface area contributed by atoms with E-state index in [2.05, 4.69) is 5.32 Å². The van der Waals surface area contributed by atoms with E-state index < -0.39 is 10.0 Å². The number of fused-ring (bicyclic) bond motifs is 1. The van der Waals surface area contributed by atoms with Crippen LogP contribution in [0.25, 0.3) is 6.08 Å². The Labute approximate surface area is 175 Å². The highest BCUT2D eigenvalue weighted by Gasteiger charge is 2.26. The minimum absolute atomic E-state index is 0.102. The van der Waals surface area contributed by atoms with Gasteiger partial charge in [-0.25, -0.2) is 12.7 Å². The van der Waals surface area contributed by atoms with Crippen LogP contribution in [-0.4, -0.2) is 32.7 Å². The normalized spacial score (nSPS) is 16.5. The molecular weight excluding hydrogens is 419 g/mol. The fourth-order valence-corrected chi connectivity index (χ4v) is 4.48. The first-order valence-electron chi connectivity index (χ1n) is 8.68. The summed E-state index contributed by atoms with van der Waals surface area (Å²) < 4.78 is 25.3. The molecule has 0 saturated heterocycles. The summed E-state index contributed by atoms with van der Waals surface area (Å²) in [5.74, 6) is -0.228. The van der Waals surface area contributed by atoms with E-state index in [0.29, 0.717) is 10.0 Å². The molecule has 0 heterocycles. The van der Waals surface area contributed by atoms with Gasteiger partial charge >= 0.3 is 0 Å². The summed E-state index contributed by atoms with van der Waals surface area (Å²) in [6.07, 6.45) is 4.62. The van der Waals surface area contributed by atoms with Crippen LogP contribution in [0.1, 0.15) is 29.2 Å². The van der Waals surface area contributed by atoms with Crippen molar-refractivity contribution in [3.63, 3.8) is 0 Å². The molecule has 8 heteroatoms. The second-order valence-corrected chi connectivity index (χ2v) is 9.66. The van der Waals surface area contributed by atoms with E-state index >= 15 is 0 Å². The van der Waals surface area contributed by atoms with Gasteiger partial charge in [0.15, 0.2) is 0 Å². The van der Waals surface area contributed by atoms with Gasteiger partial charge < -0.3 is 5.32 Å². The third-order valence-corrected chi connectivity index (χ3v) is 7.37. The number of rotatable bonds is 5. The van der Waals surface area contributed by atoms with E-state index in [9.17, 15) is 13.2 Å². The van der Waals surface area contributed by atoms with Gasteiger partial charge in [0.25, 0.3) is 0 Å². The molecule has 1 amide bonds. The number of hydrogen-bond acceptors (Lipinski definition) is 3. The summed E-state index contributed by atoms with van der Waals surface area (Å²) in [6.45, 7) is 0. The number of carbonyl (C=O) groups excluding carboxylic acids is 1. The summed E-state index contributed by atoms with van der Waals surface area (Å²) in [5, 5.41) is 4.05. The van der Waals surface area contributed by atoms with Crippen molar-refractivity contribution in [1.29, 1.82) is 0 Å². The summed E-state index contributed by atoms with van der Waals surface area (Å²) >= 11 is 12.3. The van der Waals surface area contributed by atoms with Crippen LogP contribution in [0.15, 0.2) is 47.4 Å². The van der Waals surface area contributed by atoms with E-state index in [0.717, 1.165) is 33.8 Å². The Bertz CT molecular complexity index is 1030. The molecule has 148 valence electrons. The van der Waals surface area contributed by atoms with Crippen molar-refractivity contribution >= 4 is 45.2 Å². The number of amides is 1. The van der Waals surface area contributed by atoms with Crippen molar-refractivity contribution < 1.29 is 13.2 Å². The van der Waals surface area contributed by atoms with Gasteiger partial charge in [-0.2, -0.15) is 0 Å². The molecule has 0 spiro atoms. The van der Waals surface area contributed by atoms with Crippen LogP contribution in [0.5, 0.6) is 0 Å². The predicted octanol–water partition coefficient (Wildman–Crippen LogP) is 4.06. The maximum atomic E-state index is 12.3. The molecule has 28 heavy (non-hydrogen) atoms. The fraction of sp³-hybridized carbons (Fsp3) is 0.250. The van der Waals surface area contributed by atoms with Crippen molar-refractivity contribution in [2.75, 3.05) is 14.1 Å². The first kappa shape index (κ1) is 20.9. The quantitative estimate of drug-likeness (QED) is 0.715. The molecule has 1 N–H and O–H groups in total. The zero-order valence-corrected chi connectivity index (χ0v) is 17.8. The van der Waals surface area contributed by atoms with Gasteiger partial charge in [0.05, 0.1) is 21.0 Å². The molecule has 2 aromatic rings. The minimum Gasteiger partial charge on any atom is -0.346 e. The molecule has 3 rings (SSSR count). The second-order valence-electron chi connectivity index (χ2n) is 6.72. The molecule has 0 radical (unpaired) electrons. The standard InChI is InChI=1S/C20H20Cl2N2O3S/c1-24(2)28(26,27)14-6-3-13(4-7-14)5-12-19(25)23-18-11-9-16-15(18)8-10-17(21)20(16)22/h3-8,10,12,18H,9,11H2,1-2H3,(H,23,25)/b12-5+. The Kier molecular flexibility index (Phi) is 6.15. The lowest BCUT2D eigenvalue weighted by atomic mass is 10.1. The first-order valence-corrected chi connectivity index (χ1v) is 10.9. The lowest BCUT2D eigenvalue weighted by Gasteiger charge is -2.13. The Morgan fingerprint density at radius 2 is 1.82 bits per heavy atom. The Balaban J connectivity index is 1.67. The number of hydrogen-bond donors (Lipinski definition) is 1. The summed E-state index contributed by atoms with van der Waals surface area (Å²) in [5.41, 5.74) is 2.71. The summed E-state index contributed by atoms with van der Waals surface area (Å²) in [7, 11) is -0.502.